The molecule has 1 aliphatic rings. The molecule has 0 radical (unpaired) electrons. The van der Waals surface area contributed by atoms with Crippen LogP contribution in [0.3, 0.4) is 0 Å². The van der Waals surface area contributed by atoms with Gasteiger partial charge in [0.15, 0.2) is 0 Å². The lowest BCUT2D eigenvalue weighted by atomic mass is 10.1. The molecule has 1 saturated heterocycles. The van der Waals surface area contributed by atoms with Gasteiger partial charge < -0.3 is 9.80 Å². The number of aryl methyl sites for hydroxylation is 1. The molecule has 3 rings (SSSR count). The number of pyridine rings is 1. The van der Waals surface area contributed by atoms with Crippen LogP contribution in [0.4, 0.5) is 5.82 Å². The molecule has 6 heteroatoms. The van der Waals surface area contributed by atoms with E-state index in [-0.39, 0.29) is 11.9 Å². The van der Waals surface area contributed by atoms with Crippen molar-refractivity contribution in [1.29, 1.82) is 0 Å². The minimum atomic E-state index is 0.0527. The Balaban J connectivity index is 1.74. The van der Waals surface area contributed by atoms with Crippen LogP contribution in [0, 0.1) is 5.92 Å². The molecule has 0 bridgehead atoms. The summed E-state index contributed by atoms with van der Waals surface area (Å²) in [6.45, 7) is 6.09. The van der Waals surface area contributed by atoms with Crippen molar-refractivity contribution in [2.75, 3.05) is 25.0 Å². The summed E-state index contributed by atoms with van der Waals surface area (Å²) in [6.07, 6.45) is 7.57. The second kappa shape index (κ2) is 7.25. The normalized spacial score (nSPS) is 17.3. The Kier molecular flexibility index (Phi) is 5.06. The van der Waals surface area contributed by atoms with Gasteiger partial charge in [0.05, 0.1) is 17.8 Å². The minimum Gasteiger partial charge on any atom is -0.359 e. The number of rotatable bonds is 5. The van der Waals surface area contributed by atoms with Crippen LogP contribution in [0.15, 0.2) is 30.7 Å². The van der Waals surface area contributed by atoms with Crippen molar-refractivity contribution >= 4 is 11.7 Å². The molecule has 25 heavy (non-hydrogen) atoms. The standard InChI is InChI=1S/C19H27N5O/c1-14(2)12-22(3)18-8-7-15(10-20-18)19(25)24-9-5-6-17(24)16-11-21-23(4)13-16/h7-8,10-11,13-14,17H,5-6,9,12H2,1-4H3/t17-/m1/s1. The van der Waals surface area contributed by atoms with Gasteiger partial charge in [-0.25, -0.2) is 4.98 Å². The van der Waals surface area contributed by atoms with E-state index in [4.69, 9.17) is 0 Å². The highest BCUT2D eigenvalue weighted by molar-refractivity contribution is 5.94. The fourth-order valence-electron chi connectivity index (χ4n) is 3.51. The van der Waals surface area contributed by atoms with Gasteiger partial charge in [0.25, 0.3) is 5.91 Å². The Morgan fingerprint density at radius 1 is 1.36 bits per heavy atom. The van der Waals surface area contributed by atoms with E-state index in [0.717, 1.165) is 37.3 Å². The average Bonchev–Trinajstić information content (AvgIpc) is 3.22. The Hall–Kier alpha value is -2.37. The van der Waals surface area contributed by atoms with Crippen LogP contribution in [0.5, 0.6) is 0 Å². The zero-order valence-electron chi connectivity index (χ0n) is 15.5. The van der Waals surface area contributed by atoms with Crippen LogP contribution in [-0.4, -0.2) is 45.7 Å². The molecule has 1 aliphatic heterocycles. The van der Waals surface area contributed by atoms with Gasteiger partial charge in [-0.3, -0.25) is 9.48 Å². The molecular formula is C19H27N5O. The highest BCUT2D eigenvalue weighted by Crippen LogP contribution is 2.32. The van der Waals surface area contributed by atoms with Crippen LogP contribution in [0.25, 0.3) is 0 Å². The number of hydrogen-bond acceptors (Lipinski definition) is 4. The summed E-state index contributed by atoms with van der Waals surface area (Å²) in [5, 5.41) is 4.24. The van der Waals surface area contributed by atoms with E-state index < -0.39 is 0 Å². The summed E-state index contributed by atoms with van der Waals surface area (Å²) in [5.41, 5.74) is 1.76. The number of hydrogen-bond donors (Lipinski definition) is 0. The van der Waals surface area contributed by atoms with E-state index in [1.165, 1.54) is 0 Å². The van der Waals surface area contributed by atoms with Gasteiger partial charge in [-0.1, -0.05) is 13.8 Å². The number of amides is 1. The van der Waals surface area contributed by atoms with E-state index in [0.29, 0.717) is 11.5 Å². The SMILES string of the molecule is CC(C)CN(C)c1ccc(C(=O)N2CCC[C@@H]2c2cnn(C)c2)cn1. The topological polar surface area (TPSA) is 54.3 Å². The maximum absolute atomic E-state index is 12.9. The van der Waals surface area contributed by atoms with Gasteiger partial charge in [0, 0.05) is 45.1 Å². The van der Waals surface area contributed by atoms with Crippen LogP contribution >= 0.6 is 0 Å². The maximum Gasteiger partial charge on any atom is 0.255 e. The van der Waals surface area contributed by atoms with E-state index >= 15 is 0 Å². The van der Waals surface area contributed by atoms with E-state index in [1.54, 1.807) is 10.9 Å². The second-order valence-electron chi connectivity index (χ2n) is 7.28. The summed E-state index contributed by atoms with van der Waals surface area (Å²) >= 11 is 0. The van der Waals surface area contributed by atoms with Crippen molar-refractivity contribution < 1.29 is 4.79 Å². The third-order valence-electron chi connectivity index (χ3n) is 4.65. The fraction of sp³-hybridized carbons (Fsp3) is 0.526. The summed E-state index contributed by atoms with van der Waals surface area (Å²) in [4.78, 5) is 21.5. The molecule has 0 unspecified atom stereocenters. The Morgan fingerprint density at radius 2 is 2.16 bits per heavy atom. The molecule has 0 aromatic carbocycles. The Bertz CT molecular complexity index is 722. The number of aromatic nitrogens is 3. The monoisotopic (exact) mass is 341 g/mol. The highest BCUT2D eigenvalue weighted by atomic mass is 16.2. The smallest absolute Gasteiger partial charge is 0.255 e. The summed E-state index contributed by atoms with van der Waals surface area (Å²) < 4.78 is 1.79. The van der Waals surface area contributed by atoms with Gasteiger partial charge in [-0.15, -0.1) is 0 Å². The zero-order chi connectivity index (χ0) is 18.0. The molecule has 0 aliphatic carbocycles. The largest absolute Gasteiger partial charge is 0.359 e. The number of likely N-dealkylation sites (tertiary alicyclic amines) is 1. The zero-order valence-corrected chi connectivity index (χ0v) is 15.5. The quantitative estimate of drug-likeness (QED) is 0.839. The average molecular weight is 341 g/mol. The first-order chi connectivity index (χ1) is 12.0. The van der Waals surface area contributed by atoms with E-state index in [2.05, 4.69) is 28.8 Å². The third kappa shape index (κ3) is 3.83. The Morgan fingerprint density at radius 3 is 2.76 bits per heavy atom. The summed E-state index contributed by atoms with van der Waals surface area (Å²) in [6, 6.07) is 3.94. The van der Waals surface area contributed by atoms with Crippen LogP contribution in [0.1, 0.15) is 48.7 Å². The molecule has 0 saturated carbocycles. The molecule has 6 nitrogen and oxygen atoms in total. The first kappa shape index (κ1) is 17.5. The molecule has 2 aromatic rings. The first-order valence-electron chi connectivity index (χ1n) is 8.92. The van der Waals surface area contributed by atoms with Crippen LogP contribution in [0.2, 0.25) is 0 Å². The predicted molar refractivity (Wildman–Crippen MR) is 98.6 cm³/mol. The number of anilines is 1. The maximum atomic E-state index is 12.9. The molecule has 2 aromatic heterocycles. The number of nitrogens with zero attached hydrogens (tertiary/aromatic N) is 5. The second-order valence-corrected chi connectivity index (χ2v) is 7.28. The lowest BCUT2D eigenvalue weighted by Gasteiger charge is -2.24. The summed E-state index contributed by atoms with van der Waals surface area (Å²) in [5.74, 6) is 1.52. The van der Waals surface area contributed by atoms with Crippen molar-refractivity contribution in [2.45, 2.75) is 32.7 Å². The van der Waals surface area contributed by atoms with Crippen molar-refractivity contribution in [1.82, 2.24) is 19.7 Å². The molecule has 1 amide bonds. The molecule has 3 heterocycles. The van der Waals surface area contributed by atoms with Crippen molar-refractivity contribution in [3.05, 3.63) is 41.9 Å². The molecule has 1 fully saturated rings. The van der Waals surface area contributed by atoms with Crippen molar-refractivity contribution in [3.63, 3.8) is 0 Å². The van der Waals surface area contributed by atoms with E-state index in [9.17, 15) is 4.79 Å². The van der Waals surface area contributed by atoms with Crippen molar-refractivity contribution in [2.24, 2.45) is 13.0 Å². The predicted octanol–water partition coefficient (Wildman–Crippen LogP) is 2.88. The number of carbonyl (C=O) groups excluding carboxylic acids is 1. The molecule has 134 valence electrons. The van der Waals surface area contributed by atoms with Gasteiger partial charge in [0.2, 0.25) is 0 Å². The van der Waals surface area contributed by atoms with Gasteiger partial charge in [-0.05, 0) is 30.9 Å². The van der Waals surface area contributed by atoms with Gasteiger partial charge in [0.1, 0.15) is 5.82 Å². The molecule has 0 spiro atoms. The Labute approximate surface area is 149 Å². The first-order valence-corrected chi connectivity index (χ1v) is 8.92. The van der Waals surface area contributed by atoms with Gasteiger partial charge >= 0.3 is 0 Å². The fourth-order valence-corrected chi connectivity index (χ4v) is 3.51. The van der Waals surface area contributed by atoms with Crippen LogP contribution < -0.4 is 4.90 Å². The molecular weight excluding hydrogens is 314 g/mol. The third-order valence-corrected chi connectivity index (χ3v) is 4.65. The van der Waals surface area contributed by atoms with E-state index in [1.807, 2.05) is 43.5 Å². The lowest BCUT2D eigenvalue weighted by Crippen LogP contribution is -2.30. The molecule has 0 N–H and O–H groups in total. The summed E-state index contributed by atoms with van der Waals surface area (Å²) in [7, 11) is 3.93. The lowest BCUT2D eigenvalue weighted by molar-refractivity contribution is 0.0735. The van der Waals surface area contributed by atoms with Crippen LogP contribution in [-0.2, 0) is 7.05 Å². The number of carbonyl (C=O) groups is 1. The van der Waals surface area contributed by atoms with Crippen molar-refractivity contribution in [3.8, 4) is 0 Å². The molecule has 1 atom stereocenters. The van der Waals surface area contributed by atoms with Gasteiger partial charge in [-0.2, -0.15) is 5.10 Å². The highest BCUT2D eigenvalue weighted by Gasteiger charge is 2.31. The minimum absolute atomic E-state index is 0.0527.